The molecule has 1 fully saturated rings. The van der Waals surface area contributed by atoms with Crippen molar-refractivity contribution in [3.05, 3.63) is 0 Å². The zero-order chi connectivity index (χ0) is 10.8. The minimum atomic E-state index is -0.135. The third-order valence-corrected chi connectivity index (χ3v) is 3.18. The summed E-state index contributed by atoms with van der Waals surface area (Å²) in [6.45, 7) is 8.32. The molecule has 1 aliphatic carbocycles. The minimum absolute atomic E-state index is 0.135. The van der Waals surface area contributed by atoms with Crippen LogP contribution in [0.2, 0.25) is 0 Å². The Morgan fingerprint density at radius 1 is 1.29 bits per heavy atom. The number of hydrogen-bond donors (Lipinski definition) is 0. The van der Waals surface area contributed by atoms with E-state index in [1.54, 1.807) is 0 Å². The van der Waals surface area contributed by atoms with E-state index in [-0.39, 0.29) is 12.1 Å². The third kappa shape index (κ3) is 3.32. The van der Waals surface area contributed by atoms with Gasteiger partial charge in [-0.3, -0.25) is 4.79 Å². The van der Waals surface area contributed by atoms with Crippen molar-refractivity contribution in [2.75, 3.05) is 0 Å². The number of esters is 1. The molecule has 1 rings (SSSR count). The fourth-order valence-electron chi connectivity index (χ4n) is 2.27. The molecule has 0 aromatic carbocycles. The van der Waals surface area contributed by atoms with Gasteiger partial charge >= 0.3 is 5.97 Å². The van der Waals surface area contributed by atoms with E-state index < -0.39 is 0 Å². The van der Waals surface area contributed by atoms with Crippen molar-refractivity contribution in [2.24, 2.45) is 11.3 Å². The van der Waals surface area contributed by atoms with Gasteiger partial charge in [-0.2, -0.15) is 0 Å². The molecule has 1 saturated carbocycles. The van der Waals surface area contributed by atoms with Crippen molar-refractivity contribution >= 4 is 5.97 Å². The molecule has 0 aromatic rings. The lowest BCUT2D eigenvalue weighted by atomic mass is 9.71. The number of ether oxygens (including phenoxy) is 1. The second kappa shape index (κ2) is 4.33. The van der Waals surface area contributed by atoms with Crippen molar-refractivity contribution < 1.29 is 9.53 Å². The van der Waals surface area contributed by atoms with Crippen LogP contribution in [0.3, 0.4) is 0 Å². The van der Waals surface area contributed by atoms with Crippen LogP contribution in [0, 0.1) is 11.3 Å². The molecule has 0 amide bonds. The normalized spacial score (nSPS) is 28.6. The zero-order valence-corrected chi connectivity index (χ0v) is 9.80. The molecule has 2 heteroatoms. The Bertz CT molecular complexity index is 203. The first-order valence-corrected chi connectivity index (χ1v) is 5.57. The van der Waals surface area contributed by atoms with Crippen molar-refractivity contribution in [3.63, 3.8) is 0 Å². The number of hydrogen-bond acceptors (Lipinski definition) is 2. The molecule has 0 N–H and O–H groups in total. The van der Waals surface area contributed by atoms with Crippen molar-refractivity contribution in [1.82, 2.24) is 0 Å². The van der Waals surface area contributed by atoms with E-state index in [0.717, 1.165) is 12.8 Å². The summed E-state index contributed by atoms with van der Waals surface area (Å²) in [5.74, 6) is 0.560. The van der Waals surface area contributed by atoms with E-state index >= 15 is 0 Å². The Balaban J connectivity index is 2.48. The quantitative estimate of drug-likeness (QED) is 0.605. The fourth-order valence-corrected chi connectivity index (χ4v) is 2.27. The predicted octanol–water partition coefficient (Wildman–Crippen LogP) is 3.15. The molecule has 0 bridgehead atoms. The molecule has 14 heavy (non-hydrogen) atoms. The van der Waals surface area contributed by atoms with Crippen molar-refractivity contribution in [3.8, 4) is 0 Å². The van der Waals surface area contributed by atoms with Crippen LogP contribution >= 0.6 is 0 Å². The summed E-state index contributed by atoms with van der Waals surface area (Å²) < 4.78 is 5.28. The SMILES string of the molecule is CC(=O)O[C@H]1CCC[C@H](C(C)(C)C)C1. The zero-order valence-electron chi connectivity index (χ0n) is 9.80. The van der Waals surface area contributed by atoms with Gasteiger partial charge in [0.25, 0.3) is 0 Å². The Morgan fingerprint density at radius 3 is 2.43 bits per heavy atom. The van der Waals surface area contributed by atoms with Crippen molar-refractivity contribution in [1.29, 1.82) is 0 Å². The molecule has 82 valence electrons. The van der Waals surface area contributed by atoms with Gasteiger partial charge in [0.05, 0.1) is 0 Å². The maximum atomic E-state index is 10.8. The Hall–Kier alpha value is -0.530. The van der Waals surface area contributed by atoms with Crippen LogP contribution in [-0.2, 0) is 9.53 Å². The molecule has 0 aliphatic heterocycles. The highest BCUT2D eigenvalue weighted by Crippen LogP contribution is 2.38. The summed E-state index contributed by atoms with van der Waals surface area (Å²) >= 11 is 0. The van der Waals surface area contributed by atoms with Gasteiger partial charge in [-0.1, -0.05) is 20.8 Å². The molecule has 0 radical (unpaired) electrons. The average Bonchev–Trinajstić information content (AvgIpc) is 2.01. The molecule has 2 nitrogen and oxygen atoms in total. The summed E-state index contributed by atoms with van der Waals surface area (Å²) in [4.78, 5) is 10.8. The lowest BCUT2D eigenvalue weighted by Crippen LogP contribution is -2.31. The summed E-state index contributed by atoms with van der Waals surface area (Å²) in [6, 6.07) is 0. The molecule has 0 aromatic heterocycles. The fraction of sp³-hybridized carbons (Fsp3) is 0.917. The van der Waals surface area contributed by atoms with E-state index in [0.29, 0.717) is 11.3 Å². The first kappa shape index (κ1) is 11.5. The van der Waals surface area contributed by atoms with Crippen LogP contribution in [-0.4, -0.2) is 12.1 Å². The minimum Gasteiger partial charge on any atom is -0.463 e. The summed E-state index contributed by atoms with van der Waals surface area (Å²) in [5.41, 5.74) is 0.346. The van der Waals surface area contributed by atoms with Gasteiger partial charge in [-0.25, -0.2) is 0 Å². The molecular weight excluding hydrogens is 176 g/mol. The third-order valence-electron chi connectivity index (χ3n) is 3.18. The summed E-state index contributed by atoms with van der Waals surface area (Å²) in [7, 11) is 0. The molecule has 0 unspecified atom stereocenters. The lowest BCUT2D eigenvalue weighted by Gasteiger charge is -2.37. The van der Waals surface area contributed by atoms with Crippen LogP contribution in [0.4, 0.5) is 0 Å². The van der Waals surface area contributed by atoms with E-state index in [1.165, 1.54) is 19.8 Å². The number of carbonyl (C=O) groups excluding carboxylic acids is 1. The second-order valence-corrected chi connectivity index (χ2v) is 5.46. The Morgan fingerprint density at radius 2 is 1.93 bits per heavy atom. The molecule has 0 heterocycles. The monoisotopic (exact) mass is 198 g/mol. The number of rotatable bonds is 1. The van der Waals surface area contributed by atoms with Crippen molar-refractivity contribution in [2.45, 2.75) is 59.5 Å². The Kier molecular flexibility index (Phi) is 3.57. The predicted molar refractivity (Wildman–Crippen MR) is 57.0 cm³/mol. The topological polar surface area (TPSA) is 26.3 Å². The molecular formula is C12H22O2. The van der Waals surface area contributed by atoms with Gasteiger partial charge in [-0.05, 0) is 37.0 Å². The van der Waals surface area contributed by atoms with Crippen LogP contribution in [0.1, 0.15) is 53.4 Å². The highest BCUT2D eigenvalue weighted by molar-refractivity contribution is 5.66. The van der Waals surface area contributed by atoms with Crippen LogP contribution in [0.15, 0.2) is 0 Å². The standard InChI is InChI=1S/C12H22O2/c1-9(13)14-11-7-5-6-10(8-11)12(2,3)4/h10-11H,5-8H2,1-4H3/t10-,11-/m0/s1. The van der Waals surface area contributed by atoms with E-state index in [9.17, 15) is 4.79 Å². The average molecular weight is 198 g/mol. The maximum absolute atomic E-state index is 10.8. The molecule has 2 atom stereocenters. The lowest BCUT2D eigenvalue weighted by molar-refractivity contribution is -0.149. The van der Waals surface area contributed by atoms with E-state index in [2.05, 4.69) is 20.8 Å². The molecule has 0 saturated heterocycles. The van der Waals surface area contributed by atoms with Gasteiger partial charge in [0.15, 0.2) is 0 Å². The highest BCUT2D eigenvalue weighted by atomic mass is 16.5. The first-order chi connectivity index (χ1) is 6.39. The highest BCUT2D eigenvalue weighted by Gasteiger charge is 2.31. The second-order valence-electron chi connectivity index (χ2n) is 5.46. The maximum Gasteiger partial charge on any atom is 0.302 e. The van der Waals surface area contributed by atoms with Gasteiger partial charge in [0.1, 0.15) is 6.10 Å². The smallest absolute Gasteiger partial charge is 0.302 e. The van der Waals surface area contributed by atoms with Gasteiger partial charge < -0.3 is 4.74 Å². The van der Waals surface area contributed by atoms with Gasteiger partial charge in [0, 0.05) is 6.92 Å². The van der Waals surface area contributed by atoms with Crippen LogP contribution in [0.25, 0.3) is 0 Å². The Labute approximate surface area is 87.0 Å². The van der Waals surface area contributed by atoms with Crippen LogP contribution < -0.4 is 0 Å². The van der Waals surface area contributed by atoms with E-state index in [4.69, 9.17) is 4.74 Å². The van der Waals surface area contributed by atoms with Gasteiger partial charge in [-0.15, -0.1) is 0 Å². The van der Waals surface area contributed by atoms with Crippen LogP contribution in [0.5, 0.6) is 0 Å². The largest absolute Gasteiger partial charge is 0.463 e. The molecule has 1 aliphatic rings. The number of carbonyl (C=O) groups is 1. The first-order valence-electron chi connectivity index (χ1n) is 5.57. The van der Waals surface area contributed by atoms with E-state index in [1.807, 2.05) is 0 Å². The van der Waals surface area contributed by atoms with Gasteiger partial charge in [0.2, 0.25) is 0 Å². The summed E-state index contributed by atoms with van der Waals surface area (Å²) in [6.07, 6.45) is 4.74. The molecule has 0 spiro atoms. The summed E-state index contributed by atoms with van der Waals surface area (Å²) in [5, 5.41) is 0.